The third kappa shape index (κ3) is 1.99. The molecule has 0 aromatic rings. The fourth-order valence-corrected chi connectivity index (χ4v) is 2.47. The highest BCUT2D eigenvalue weighted by atomic mass is 16.5. The van der Waals surface area contributed by atoms with Crippen LogP contribution in [0.2, 0.25) is 0 Å². The Balaban J connectivity index is 1.80. The first kappa shape index (κ1) is 8.52. The van der Waals surface area contributed by atoms with Crippen molar-refractivity contribution in [2.45, 2.75) is 25.7 Å². The van der Waals surface area contributed by atoms with Crippen LogP contribution in [0, 0.1) is 11.8 Å². The number of nitrogens with one attached hydrogen (secondary N) is 1. The average Bonchev–Trinajstić information content (AvgIpc) is 2.21. The van der Waals surface area contributed by atoms with Gasteiger partial charge in [0.1, 0.15) is 0 Å². The van der Waals surface area contributed by atoms with Crippen LogP contribution in [0.1, 0.15) is 25.7 Å². The van der Waals surface area contributed by atoms with Crippen molar-refractivity contribution in [3.63, 3.8) is 0 Å². The molecule has 0 saturated carbocycles. The van der Waals surface area contributed by atoms with Crippen LogP contribution in [0.25, 0.3) is 0 Å². The number of piperidine rings is 1. The first-order chi connectivity index (χ1) is 5.97. The van der Waals surface area contributed by atoms with E-state index < -0.39 is 0 Å². The van der Waals surface area contributed by atoms with Crippen LogP contribution in [-0.2, 0) is 4.74 Å². The van der Waals surface area contributed by atoms with Gasteiger partial charge < -0.3 is 10.1 Å². The highest BCUT2D eigenvalue weighted by molar-refractivity contribution is 4.77. The topological polar surface area (TPSA) is 21.3 Å². The summed E-state index contributed by atoms with van der Waals surface area (Å²) in [7, 11) is 0. The van der Waals surface area contributed by atoms with E-state index in [-0.39, 0.29) is 0 Å². The summed E-state index contributed by atoms with van der Waals surface area (Å²) >= 11 is 0. The van der Waals surface area contributed by atoms with Gasteiger partial charge in [0.15, 0.2) is 0 Å². The molecule has 70 valence electrons. The highest BCUT2D eigenvalue weighted by Gasteiger charge is 2.24. The summed E-state index contributed by atoms with van der Waals surface area (Å²) in [6.45, 7) is 4.49. The minimum Gasteiger partial charge on any atom is -0.381 e. The molecule has 1 atom stereocenters. The molecule has 1 N–H and O–H groups in total. The molecule has 2 saturated heterocycles. The molecule has 2 heterocycles. The van der Waals surface area contributed by atoms with Crippen molar-refractivity contribution in [3.8, 4) is 0 Å². The van der Waals surface area contributed by atoms with Crippen molar-refractivity contribution < 1.29 is 4.74 Å². The Labute approximate surface area is 74.7 Å². The van der Waals surface area contributed by atoms with E-state index in [1.165, 1.54) is 38.8 Å². The first-order valence-corrected chi connectivity index (χ1v) is 5.25. The molecular formula is C10H19NO. The summed E-state index contributed by atoms with van der Waals surface area (Å²) in [6.07, 6.45) is 5.42. The molecule has 2 aliphatic rings. The van der Waals surface area contributed by atoms with Gasteiger partial charge >= 0.3 is 0 Å². The minimum atomic E-state index is 0.947. The van der Waals surface area contributed by atoms with Crippen molar-refractivity contribution in [1.29, 1.82) is 0 Å². The van der Waals surface area contributed by atoms with E-state index in [1.807, 2.05) is 0 Å². The summed E-state index contributed by atoms with van der Waals surface area (Å²) < 4.78 is 5.37. The van der Waals surface area contributed by atoms with Gasteiger partial charge in [0, 0.05) is 13.2 Å². The Kier molecular flexibility index (Phi) is 3.01. The van der Waals surface area contributed by atoms with Gasteiger partial charge in [-0.3, -0.25) is 0 Å². The van der Waals surface area contributed by atoms with Crippen LogP contribution < -0.4 is 5.32 Å². The summed E-state index contributed by atoms with van der Waals surface area (Å²) in [4.78, 5) is 0. The molecule has 0 radical (unpaired) electrons. The first-order valence-electron chi connectivity index (χ1n) is 5.25. The molecule has 2 aliphatic heterocycles. The summed E-state index contributed by atoms with van der Waals surface area (Å²) in [5.74, 6) is 1.90. The molecule has 0 aromatic heterocycles. The maximum atomic E-state index is 5.37. The van der Waals surface area contributed by atoms with E-state index in [2.05, 4.69) is 5.32 Å². The van der Waals surface area contributed by atoms with Crippen molar-refractivity contribution >= 4 is 0 Å². The number of ether oxygens (including phenoxy) is 1. The minimum absolute atomic E-state index is 0.947. The molecule has 2 fully saturated rings. The second-order valence-electron chi connectivity index (χ2n) is 4.06. The molecule has 1 unspecified atom stereocenters. The lowest BCUT2D eigenvalue weighted by molar-refractivity contribution is 0.0418. The average molecular weight is 169 g/mol. The highest BCUT2D eigenvalue weighted by Crippen LogP contribution is 2.28. The van der Waals surface area contributed by atoms with Gasteiger partial charge in [-0.15, -0.1) is 0 Å². The van der Waals surface area contributed by atoms with Gasteiger partial charge in [-0.1, -0.05) is 0 Å². The lowest BCUT2D eigenvalue weighted by atomic mass is 9.81. The van der Waals surface area contributed by atoms with Gasteiger partial charge in [0.25, 0.3) is 0 Å². The van der Waals surface area contributed by atoms with E-state index in [0.29, 0.717) is 0 Å². The van der Waals surface area contributed by atoms with E-state index >= 15 is 0 Å². The van der Waals surface area contributed by atoms with Crippen LogP contribution in [0.5, 0.6) is 0 Å². The summed E-state index contributed by atoms with van der Waals surface area (Å²) in [5, 5.41) is 3.49. The monoisotopic (exact) mass is 169 g/mol. The Bertz CT molecular complexity index is 110. The smallest absolute Gasteiger partial charge is 0.0468 e. The lowest BCUT2D eigenvalue weighted by Gasteiger charge is -2.33. The predicted molar refractivity (Wildman–Crippen MR) is 49.1 cm³/mol. The molecule has 0 aromatic carbocycles. The third-order valence-corrected chi connectivity index (χ3v) is 3.27. The molecular weight excluding hydrogens is 150 g/mol. The van der Waals surface area contributed by atoms with Gasteiger partial charge in [0.05, 0.1) is 0 Å². The van der Waals surface area contributed by atoms with Gasteiger partial charge in [-0.05, 0) is 50.6 Å². The third-order valence-electron chi connectivity index (χ3n) is 3.27. The normalized spacial score (nSPS) is 33.5. The molecule has 0 amide bonds. The largest absolute Gasteiger partial charge is 0.381 e. The van der Waals surface area contributed by atoms with Crippen molar-refractivity contribution in [1.82, 2.24) is 5.32 Å². The Hall–Kier alpha value is -0.0800. The zero-order valence-corrected chi connectivity index (χ0v) is 7.72. The zero-order valence-electron chi connectivity index (χ0n) is 7.72. The van der Waals surface area contributed by atoms with E-state index in [1.54, 1.807) is 0 Å². The number of rotatable bonds is 1. The number of hydrogen-bond donors (Lipinski definition) is 1. The van der Waals surface area contributed by atoms with Crippen molar-refractivity contribution in [3.05, 3.63) is 0 Å². The molecule has 2 heteroatoms. The van der Waals surface area contributed by atoms with Gasteiger partial charge in [0.2, 0.25) is 0 Å². The fraction of sp³-hybridized carbons (Fsp3) is 1.00. The van der Waals surface area contributed by atoms with Crippen LogP contribution in [0.15, 0.2) is 0 Å². The molecule has 0 spiro atoms. The molecule has 12 heavy (non-hydrogen) atoms. The second kappa shape index (κ2) is 4.24. The maximum Gasteiger partial charge on any atom is 0.0468 e. The van der Waals surface area contributed by atoms with E-state index in [9.17, 15) is 0 Å². The Morgan fingerprint density at radius 3 is 2.50 bits per heavy atom. The molecule has 2 rings (SSSR count). The second-order valence-corrected chi connectivity index (χ2v) is 4.06. The van der Waals surface area contributed by atoms with Gasteiger partial charge in [-0.2, -0.15) is 0 Å². The van der Waals surface area contributed by atoms with Crippen LogP contribution >= 0.6 is 0 Å². The van der Waals surface area contributed by atoms with Crippen LogP contribution in [0.4, 0.5) is 0 Å². The van der Waals surface area contributed by atoms with Crippen LogP contribution in [0.3, 0.4) is 0 Å². The molecule has 0 bridgehead atoms. The zero-order chi connectivity index (χ0) is 8.23. The molecule has 2 nitrogen and oxygen atoms in total. The number of hydrogen-bond acceptors (Lipinski definition) is 2. The Morgan fingerprint density at radius 1 is 1.00 bits per heavy atom. The standard InChI is InChI=1S/C10H19NO/c1-2-10(8-11-5-1)9-3-6-12-7-4-9/h9-11H,1-8H2. The molecule has 0 aliphatic carbocycles. The lowest BCUT2D eigenvalue weighted by Crippen LogP contribution is -2.36. The summed E-state index contributed by atoms with van der Waals surface area (Å²) in [6, 6.07) is 0. The van der Waals surface area contributed by atoms with Gasteiger partial charge in [-0.25, -0.2) is 0 Å². The van der Waals surface area contributed by atoms with E-state index in [4.69, 9.17) is 4.74 Å². The summed E-state index contributed by atoms with van der Waals surface area (Å²) in [5.41, 5.74) is 0. The fourth-order valence-electron chi connectivity index (χ4n) is 2.47. The maximum absolute atomic E-state index is 5.37. The predicted octanol–water partition coefficient (Wildman–Crippen LogP) is 1.41. The van der Waals surface area contributed by atoms with Crippen molar-refractivity contribution in [2.75, 3.05) is 26.3 Å². The van der Waals surface area contributed by atoms with E-state index in [0.717, 1.165) is 25.0 Å². The Morgan fingerprint density at radius 2 is 1.83 bits per heavy atom. The van der Waals surface area contributed by atoms with Crippen LogP contribution in [-0.4, -0.2) is 26.3 Å². The van der Waals surface area contributed by atoms with Crippen molar-refractivity contribution in [2.24, 2.45) is 11.8 Å². The quantitative estimate of drug-likeness (QED) is 0.641. The SMILES string of the molecule is C1CNCC(C2CCOCC2)C1.